The highest BCUT2D eigenvalue weighted by Crippen LogP contribution is 2.35. The van der Waals surface area contributed by atoms with Crippen molar-refractivity contribution in [3.8, 4) is 0 Å². The van der Waals surface area contributed by atoms with Gasteiger partial charge in [0.05, 0.1) is 6.10 Å². The molecule has 82 valence electrons. The zero-order valence-corrected chi connectivity index (χ0v) is 9.72. The summed E-state index contributed by atoms with van der Waals surface area (Å²) in [6, 6.07) is 3.29. The smallest absolute Gasteiger partial charge is 0.0957 e. The second-order valence-corrected chi connectivity index (χ2v) is 4.80. The molecule has 0 saturated heterocycles. The molecule has 1 aromatic rings. The largest absolute Gasteiger partial charge is 0.387 e. The SMILES string of the molecule is N[C@@H]1CCCc2cc(Cl)cc(Cl)c2[C@H]1O. The zero-order valence-electron chi connectivity index (χ0n) is 8.21. The lowest BCUT2D eigenvalue weighted by molar-refractivity contribution is 0.144. The molecule has 0 aromatic heterocycles. The first kappa shape index (κ1) is 11.2. The van der Waals surface area contributed by atoms with Crippen LogP contribution in [0, 0.1) is 0 Å². The molecule has 0 fully saturated rings. The maximum Gasteiger partial charge on any atom is 0.0957 e. The Morgan fingerprint density at radius 2 is 2.07 bits per heavy atom. The third-order valence-electron chi connectivity index (χ3n) is 2.86. The Labute approximate surface area is 99.0 Å². The number of nitrogens with two attached hydrogens (primary N) is 1. The van der Waals surface area contributed by atoms with E-state index < -0.39 is 6.10 Å². The molecule has 1 aliphatic carbocycles. The van der Waals surface area contributed by atoms with Crippen LogP contribution in [0.5, 0.6) is 0 Å². The number of benzene rings is 1. The molecule has 0 radical (unpaired) electrons. The zero-order chi connectivity index (χ0) is 11.0. The van der Waals surface area contributed by atoms with Crippen molar-refractivity contribution in [2.45, 2.75) is 31.4 Å². The number of halogens is 2. The second kappa shape index (κ2) is 4.30. The van der Waals surface area contributed by atoms with Crippen LogP contribution in [0.25, 0.3) is 0 Å². The summed E-state index contributed by atoms with van der Waals surface area (Å²) in [5, 5.41) is 11.2. The maximum atomic E-state index is 10.0. The molecule has 15 heavy (non-hydrogen) atoms. The average molecular weight is 246 g/mol. The van der Waals surface area contributed by atoms with Gasteiger partial charge in [0.25, 0.3) is 0 Å². The normalized spacial score (nSPS) is 25.9. The van der Waals surface area contributed by atoms with E-state index in [2.05, 4.69) is 0 Å². The van der Waals surface area contributed by atoms with Crippen LogP contribution in [0.4, 0.5) is 0 Å². The van der Waals surface area contributed by atoms with Crippen LogP contribution in [0.1, 0.15) is 30.1 Å². The first-order valence-electron chi connectivity index (χ1n) is 5.01. The molecule has 0 heterocycles. The molecular weight excluding hydrogens is 233 g/mol. The minimum absolute atomic E-state index is 0.232. The van der Waals surface area contributed by atoms with E-state index in [4.69, 9.17) is 28.9 Å². The van der Waals surface area contributed by atoms with Crippen LogP contribution < -0.4 is 5.73 Å². The van der Waals surface area contributed by atoms with Crippen LogP contribution in [0.3, 0.4) is 0 Å². The average Bonchev–Trinajstić information content (AvgIpc) is 2.27. The first-order chi connectivity index (χ1) is 7.09. The van der Waals surface area contributed by atoms with E-state index in [0.717, 1.165) is 30.4 Å². The van der Waals surface area contributed by atoms with Crippen LogP contribution in [-0.4, -0.2) is 11.1 Å². The molecular formula is C11H13Cl2NO. The lowest BCUT2D eigenvalue weighted by atomic mass is 9.99. The molecule has 3 N–H and O–H groups in total. The van der Waals surface area contributed by atoms with Gasteiger partial charge in [-0.15, -0.1) is 0 Å². The van der Waals surface area contributed by atoms with Gasteiger partial charge in [0.2, 0.25) is 0 Å². The molecule has 2 rings (SSSR count). The highest BCUT2D eigenvalue weighted by Gasteiger charge is 2.25. The third-order valence-corrected chi connectivity index (χ3v) is 3.40. The number of rotatable bonds is 0. The molecule has 0 unspecified atom stereocenters. The minimum atomic E-state index is -0.674. The topological polar surface area (TPSA) is 46.2 Å². The van der Waals surface area contributed by atoms with Crippen LogP contribution in [0.15, 0.2) is 12.1 Å². The van der Waals surface area contributed by atoms with Crippen molar-refractivity contribution < 1.29 is 5.11 Å². The van der Waals surface area contributed by atoms with Crippen LogP contribution in [-0.2, 0) is 6.42 Å². The summed E-state index contributed by atoms with van der Waals surface area (Å²) in [6.07, 6.45) is 1.97. The predicted molar refractivity (Wildman–Crippen MR) is 62.3 cm³/mol. The van der Waals surface area contributed by atoms with E-state index >= 15 is 0 Å². The third kappa shape index (κ3) is 2.13. The van der Waals surface area contributed by atoms with Crippen molar-refractivity contribution in [3.05, 3.63) is 33.3 Å². The van der Waals surface area contributed by atoms with Gasteiger partial charge in [-0.25, -0.2) is 0 Å². The van der Waals surface area contributed by atoms with E-state index in [0.29, 0.717) is 10.0 Å². The van der Waals surface area contributed by atoms with Gasteiger partial charge in [-0.1, -0.05) is 23.2 Å². The first-order valence-corrected chi connectivity index (χ1v) is 5.76. The summed E-state index contributed by atoms with van der Waals surface area (Å²) >= 11 is 12.0. The lowest BCUT2D eigenvalue weighted by Gasteiger charge is -2.19. The lowest BCUT2D eigenvalue weighted by Crippen LogP contribution is -2.27. The number of hydrogen-bond donors (Lipinski definition) is 2. The van der Waals surface area contributed by atoms with Crippen molar-refractivity contribution in [2.24, 2.45) is 5.73 Å². The molecule has 0 saturated carbocycles. The number of aliphatic hydroxyl groups excluding tert-OH is 1. The van der Waals surface area contributed by atoms with Crippen molar-refractivity contribution in [3.63, 3.8) is 0 Å². The van der Waals surface area contributed by atoms with Crippen LogP contribution in [0.2, 0.25) is 10.0 Å². The summed E-state index contributed by atoms with van der Waals surface area (Å²) in [5.41, 5.74) is 7.64. The van der Waals surface area contributed by atoms with Crippen molar-refractivity contribution in [1.29, 1.82) is 0 Å². The molecule has 0 aliphatic heterocycles. The highest BCUT2D eigenvalue weighted by molar-refractivity contribution is 6.35. The minimum Gasteiger partial charge on any atom is -0.387 e. The number of aliphatic hydroxyl groups is 1. The number of fused-ring (bicyclic) bond motifs is 1. The van der Waals surface area contributed by atoms with Crippen molar-refractivity contribution >= 4 is 23.2 Å². The summed E-state index contributed by atoms with van der Waals surface area (Å²) < 4.78 is 0. The molecule has 2 nitrogen and oxygen atoms in total. The summed E-state index contributed by atoms with van der Waals surface area (Å²) in [6.45, 7) is 0. The standard InChI is InChI=1S/C11H13Cl2NO/c12-7-4-6-2-1-3-9(14)11(15)10(6)8(13)5-7/h4-5,9,11,15H,1-3,14H2/t9-,11+/m1/s1. The van der Waals surface area contributed by atoms with Crippen LogP contribution >= 0.6 is 23.2 Å². The van der Waals surface area contributed by atoms with Crippen molar-refractivity contribution in [1.82, 2.24) is 0 Å². The fourth-order valence-corrected chi connectivity index (χ4v) is 2.72. The Bertz CT molecular complexity index is 381. The van der Waals surface area contributed by atoms with E-state index in [1.807, 2.05) is 6.07 Å². The molecule has 1 aromatic carbocycles. The molecule has 0 amide bonds. The van der Waals surface area contributed by atoms with Crippen molar-refractivity contribution in [2.75, 3.05) is 0 Å². The maximum absolute atomic E-state index is 10.0. The predicted octanol–water partition coefficient (Wildman–Crippen LogP) is 2.69. The Morgan fingerprint density at radius 1 is 1.33 bits per heavy atom. The number of hydrogen-bond acceptors (Lipinski definition) is 2. The molecule has 0 bridgehead atoms. The van der Waals surface area contributed by atoms with Gasteiger partial charge in [0, 0.05) is 21.7 Å². The number of aryl methyl sites for hydroxylation is 1. The van der Waals surface area contributed by atoms with Gasteiger partial charge in [-0.2, -0.15) is 0 Å². The Kier molecular flexibility index (Phi) is 3.21. The Hall–Kier alpha value is -0.280. The summed E-state index contributed by atoms with van der Waals surface area (Å²) in [7, 11) is 0. The van der Waals surface area contributed by atoms with Gasteiger partial charge in [-0.3, -0.25) is 0 Å². The molecule has 2 atom stereocenters. The fourth-order valence-electron chi connectivity index (χ4n) is 2.08. The van der Waals surface area contributed by atoms with Gasteiger partial charge in [0.15, 0.2) is 0 Å². The van der Waals surface area contributed by atoms with Gasteiger partial charge < -0.3 is 10.8 Å². The Balaban J connectivity index is 2.53. The van der Waals surface area contributed by atoms with Gasteiger partial charge >= 0.3 is 0 Å². The Morgan fingerprint density at radius 3 is 2.80 bits per heavy atom. The fraction of sp³-hybridized carbons (Fsp3) is 0.455. The molecule has 4 heteroatoms. The van der Waals surface area contributed by atoms with Gasteiger partial charge in [-0.05, 0) is 37.0 Å². The monoisotopic (exact) mass is 245 g/mol. The van der Waals surface area contributed by atoms with E-state index in [1.54, 1.807) is 6.07 Å². The molecule has 0 spiro atoms. The highest BCUT2D eigenvalue weighted by atomic mass is 35.5. The second-order valence-electron chi connectivity index (χ2n) is 3.96. The summed E-state index contributed by atoms with van der Waals surface area (Å²) in [5.74, 6) is 0. The van der Waals surface area contributed by atoms with E-state index in [1.165, 1.54) is 0 Å². The van der Waals surface area contributed by atoms with E-state index in [-0.39, 0.29) is 6.04 Å². The van der Waals surface area contributed by atoms with E-state index in [9.17, 15) is 5.11 Å². The van der Waals surface area contributed by atoms with Gasteiger partial charge in [0.1, 0.15) is 0 Å². The quantitative estimate of drug-likeness (QED) is 0.691. The summed E-state index contributed by atoms with van der Waals surface area (Å²) in [4.78, 5) is 0. The molecule has 1 aliphatic rings.